The van der Waals surface area contributed by atoms with Gasteiger partial charge < -0.3 is 29.0 Å². The van der Waals surface area contributed by atoms with E-state index in [1.165, 1.54) is 6.92 Å². The maximum atomic E-state index is 14.1. The Hall–Kier alpha value is -4.27. The van der Waals surface area contributed by atoms with Crippen molar-refractivity contribution in [3.8, 4) is 23.0 Å². The van der Waals surface area contributed by atoms with Crippen molar-refractivity contribution in [3.63, 3.8) is 0 Å². The summed E-state index contributed by atoms with van der Waals surface area (Å²) in [6.07, 6.45) is 5.55. The van der Waals surface area contributed by atoms with Crippen LogP contribution in [0, 0.1) is 0 Å². The highest BCUT2D eigenvalue weighted by molar-refractivity contribution is 6.04. The molecular weight excluding hydrogens is 562 g/mol. The minimum Gasteiger partial charge on any atom is -0.493 e. The second-order valence-corrected chi connectivity index (χ2v) is 11.5. The topological polar surface area (TPSA) is 109 Å². The highest BCUT2D eigenvalue weighted by Gasteiger charge is 2.42. The van der Waals surface area contributed by atoms with E-state index in [-0.39, 0.29) is 30.0 Å². The fourth-order valence-corrected chi connectivity index (χ4v) is 6.59. The predicted octanol–water partition coefficient (Wildman–Crippen LogP) is 6.27. The van der Waals surface area contributed by atoms with Gasteiger partial charge >= 0.3 is 11.9 Å². The zero-order valence-corrected chi connectivity index (χ0v) is 26.1. The van der Waals surface area contributed by atoms with Crippen LogP contribution in [0.5, 0.6) is 23.0 Å². The number of esters is 2. The van der Waals surface area contributed by atoms with E-state index >= 15 is 0 Å². The van der Waals surface area contributed by atoms with E-state index in [2.05, 4.69) is 5.32 Å². The molecule has 44 heavy (non-hydrogen) atoms. The third kappa shape index (κ3) is 6.47. The predicted molar refractivity (Wildman–Crippen MR) is 164 cm³/mol. The molecule has 1 aliphatic heterocycles. The average molecular weight is 604 g/mol. The molecule has 0 saturated heterocycles. The summed E-state index contributed by atoms with van der Waals surface area (Å²) >= 11 is 0. The summed E-state index contributed by atoms with van der Waals surface area (Å²) in [5.74, 6) is 0.155. The van der Waals surface area contributed by atoms with Crippen LogP contribution >= 0.6 is 0 Å². The standard InChI is InChI=1S/C35H41NO8/c1-6-42-31-19-23(13-15-29(31)43-21(3)37)33-32(35(39)44-25-10-8-7-9-11-25)20(2)36-26-16-24(17-27(38)34(26)33)22-12-14-28(40-4)30(18-22)41-5/h12-15,18-19,24-25,33,36H,6-11,16-17H2,1-5H3. The van der Waals surface area contributed by atoms with Gasteiger partial charge in [-0.2, -0.15) is 0 Å². The molecule has 1 saturated carbocycles. The molecule has 2 aromatic rings. The molecule has 1 N–H and O–H groups in total. The highest BCUT2D eigenvalue weighted by atomic mass is 16.6. The van der Waals surface area contributed by atoms with Crippen molar-refractivity contribution in [1.82, 2.24) is 5.32 Å². The molecule has 9 nitrogen and oxygen atoms in total. The van der Waals surface area contributed by atoms with Gasteiger partial charge in [0.15, 0.2) is 28.8 Å². The van der Waals surface area contributed by atoms with E-state index in [1.807, 2.05) is 32.0 Å². The van der Waals surface area contributed by atoms with Gasteiger partial charge in [-0.25, -0.2) is 4.79 Å². The Labute approximate surface area is 258 Å². The van der Waals surface area contributed by atoms with Crippen LogP contribution in [-0.2, 0) is 19.1 Å². The molecule has 0 spiro atoms. The lowest BCUT2D eigenvalue weighted by Crippen LogP contribution is -2.37. The van der Waals surface area contributed by atoms with E-state index in [9.17, 15) is 14.4 Å². The number of carbonyl (C=O) groups is 3. The summed E-state index contributed by atoms with van der Waals surface area (Å²) in [4.78, 5) is 39.8. The molecule has 0 aromatic heterocycles. The first-order chi connectivity index (χ1) is 21.2. The Morgan fingerprint density at radius 2 is 1.57 bits per heavy atom. The maximum absolute atomic E-state index is 14.1. The molecule has 234 valence electrons. The van der Waals surface area contributed by atoms with E-state index in [0.717, 1.165) is 43.4 Å². The monoisotopic (exact) mass is 603 g/mol. The summed E-state index contributed by atoms with van der Waals surface area (Å²) in [6.45, 7) is 5.37. The fraction of sp³-hybridized carbons (Fsp3) is 0.457. The van der Waals surface area contributed by atoms with E-state index in [0.29, 0.717) is 52.7 Å². The summed E-state index contributed by atoms with van der Waals surface area (Å²) in [5, 5.41) is 3.43. The van der Waals surface area contributed by atoms with Crippen molar-refractivity contribution >= 4 is 17.7 Å². The zero-order valence-electron chi connectivity index (χ0n) is 26.1. The highest BCUT2D eigenvalue weighted by Crippen LogP contribution is 2.48. The Bertz CT molecular complexity index is 1500. The molecule has 9 heteroatoms. The number of Topliss-reactive ketones (excluding diaryl/α,β-unsaturated/α-hetero) is 1. The van der Waals surface area contributed by atoms with Gasteiger partial charge in [0.05, 0.1) is 26.4 Å². The normalized spacial score (nSPS) is 20.4. The lowest BCUT2D eigenvalue weighted by Gasteiger charge is -2.37. The smallest absolute Gasteiger partial charge is 0.337 e. The van der Waals surface area contributed by atoms with Gasteiger partial charge in [-0.1, -0.05) is 18.6 Å². The van der Waals surface area contributed by atoms with Crippen LogP contribution < -0.4 is 24.3 Å². The van der Waals surface area contributed by atoms with E-state index < -0.39 is 17.9 Å². The van der Waals surface area contributed by atoms with Crippen molar-refractivity contribution < 1.29 is 38.1 Å². The number of ether oxygens (including phenoxy) is 5. The van der Waals surface area contributed by atoms with Crippen LogP contribution in [0.1, 0.15) is 88.7 Å². The lowest BCUT2D eigenvalue weighted by atomic mass is 9.71. The Balaban J connectivity index is 1.57. The summed E-state index contributed by atoms with van der Waals surface area (Å²) < 4.78 is 28.2. The quantitative estimate of drug-likeness (QED) is 0.262. The molecule has 0 radical (unpaired) electrons. The summed E-state index contributed by atoms with van der Waals surface area (Å²) in [6, 6.07) is 10.9. The molecule has 2 atom stereocenters. The number of dihydropyridines is 1. The summed E-state index contributed by atoms with van der Waals surface area (Å²) in [5.41, 5.74) is 4.04. The molecule has 0 bridgehead atoms. The number of methoxy groups -OCH3 is 2. The number of rotatable bonds is 9. The third-order valence-corrected chi connectivity index (χ3v) is 8.61. The first-order valence-corrected chi connectivity index (χ1v) is 15.4. The van der Waals surface area contributed by atoms with Gasteiger partial charge in [-0.15, -0.1) is 0 Å². The van der Waals surface area contributed by atoms with Crippen molar-refractivity contribution in [2.45, 2.75) is 83.7 Å². The number of allylic oxidation sites excluding steroid dienone is 3. The molecule has 1 fully saturated rings. The zero-order chi connectivity index (χ0) is 31.4. The van der Waals surface area contributed by atoms with Gasteiger partial charge in [-0.3, -0.25) is 9.59 Å². The molecular formula is C35H41NO8. The number of benzene rings is 2. The van der Waals surface area contributed by atoms with Crippen molar-refractivity contribution in [3.05, 3.63) is 70.1 Å². The summed E-state index contributed by atoms with van der Waals surface area (Å²) in [7, 11) is 3.18. The molecule has 2 aromatic carbocycles. The maximum Gasteiger partial charge on any atom is 0.337 e. The van der Waals surface area contributed by atoms with Crippen LogP contribution in [0.3, 0.4) is 0 Å². The molecule has 1 heterocycles. The largest absolute Gasteiger partial charge is 0.493 e. The van der Waals surface area contributed by atoms with E-state index in [4.69, 9.17) is 23.7 Å². The average Bonchev–Trinajstić information content (AvgIpc) is 3.01. The minimum atomic E-state index is -0.674. The SMILES string of the molecule is CCOc1cc(C2C(C(=O)OC3CCCCC3)=C(C)NC3=C2C(=O)CC(c2ccc(OC)c(OC)c2)C3)ccc1OC(C)=O. The Morgan fingerprint density at radius 3 is 2.25 bits per heavy atom. The first-order valence-electron chi connectivity index (χ1n) is 15.4. The van der Waals surface area contributed by atoms with Crippen LogP contribution in [0.2, 0.25) is 0 Å². The number of nitrogens with one attached hydrogen (secondary N) is 1. The first kappa shape index (κ1) is 31.2. The van der Waals surface area contributed by atoms with Crippen molar-refractivity contribution in [2.24, 2.45) is 0 Å². The van der Waals surface area contributed by atoms with E-state index in [1.54, 1.807) is 32.4 Å². The van der Waals surface area contributed by atoms with Gasteiger partial charge in [0.1, 0.15) is 6.10 Å². The van der Waals surface area contributed by atoms with Crippen LogP contribution in [0.15, 0.2) is 58.9 Å². The molecule has 5 rings (SSSR count). The van der Waals surface area contributed by atoms with Gasteiger partial charge in [0.25, 0.3) is 0 Å². The molecule has 0 amide bonds. The number of carbonyl (C=O) groups excluding carboxylic acids is 3. The van der Waals surface area contributed by atoms with Crippen molar-refractivity contribution in [2.75, 3.05) is 20.8 Å². The number of hydrogen-bond acceptors (Lipinski definition) is 9. The second-order valence-electron chi connectivity index (χ2n) is 11.5. The Kier molecular flexibility index (Phi) is 9.61. The fourth-order valence-electron chi connectivity index (χ4n) is 6.59. The third-order valence-electron chi connectivity index (χ3n) is 8.61. The Morgan fingerprint density at radius 1 is 0.886 bits per heavy atom. The van der Waals surface area contributed by atoms with Gasteiger partial charge in [0, 0.05) is 36.2 Å². The number of ketones is 1. The van der Waals surface area contributed by atoms with Gasteiger partial charge in [-0.05, 0) is 87.3 Å². The van der Waals surface area contributed by atoms with Crippen molar-refractivity contribution in [1.29, 1.82) is 0 Å². The van der Waals surface area contributed by atoms with Crippen LogP contribution in [-0.4, -0.2) is 44.7 Å². The molecule has 2 unspecified atom stereocenters. The number of hydrogen-bond donors (Lipinski definition) is 1. The molecule has 3 aliphatic rings. The minimum absolute atomic E-state index is 0.0546. The lowest BCUT2D eigenvalue weighted by molar-refractivity contribution is -0.146. The van der Waals surface area contributed by atoms with Gasteiger partial charge in [0.2, 0.25) is 0 Å². The second kappa shape index (κ2) is 13.6. The van der Waals surface area contributed by atoms with Crippen LogP contribution in [0.4, 0.5) is 0 Å². The van der Waals surface area contributed by atoms with Crippen LogP contribution in [0.25, 0.3) is 0 Å². The molecule has 2 aliphatic carbocycles.